The summed E-state index contributed by atoms with van der Waals surface area (Å²) in [5.74, 6) is -0.998. The third-order valence-corrected chi connectivity index (χ3v) is 7.09. The molecule has 0 radical (unpaired) electrons. The highest BCUT2D eigenvalue weighted by atomic mass is 32.2. The zero-order valence-electron chi connectivity index (χ0n) is 16.8. The van der Waals surface area contributed by atoms with Gasteiger partial charge >= 0.3 is 0 Å². The van der Waals surface area contributed by atoms with Crippen molar-refractivity contribution in [1.82, 2.24) is 0 Å². The number of carbonyl (C=O) groups excluding carboxylic acids is 2. The minimum Gasteiger partial charge on any atom is -0.366 e. The molecule has 0 saturated carbocycles. The number of sulfonamides is 1. The number of aryl methyl sites for hydroxylation is 1. The summed E-state index contributed by atoms with van der Waals surface area (Å²) in [5, 5.41) is 2.73. The molecule has 1 aliphatic heterocycles. The van der Waals surface area contributed by atoms with Gasteiger partial charge in [0, 0.05) is 23.4 Å². The zero-order chi connectivity index (χ0) is 22.2. The largest absolute Gasteiger partial charge is 0.366 e. The Hall–Kier alpha value is -3.65. The van der Waals surface area contributed by atoms with E-state index in [-0.39, 0.29) is 10.5 Å². The highest BCUT2D eigenvalue weighted by Crippen LogP contribution is 2.32. The van der Waals surface area contributed by atoms with Gasteiger partial charge in [0.2, 0.25) is 5.91 Å². The Balaban J connectivity index is 1.59. The van der Waals surface area contributed by atoms with Crippen molar-refractivity contribution in [2.45, 2.75) is 18.2 Å². The van der Waals surface area contributed by atoms with Crippen LogP contribution in [0.1, 0.15) is 31.8 Å². The second-order valence-corrected chi connectivity index (χ2v) is 9.19. The topological polar surface area (TPSA) is 110 Å². The first-order valence-corrected chi connectivity index (χ1v) is 11.1. The molecular formula is C23H21N3O4S. The molecule has 3 aromatic carbocycles. The second kappa shape index (κ2) is 7.88. The van der Waals surface area contributed by atoms with E-state index >= 15 is 0 Å². The van der Waals surface area contributed by atoms with E-state index in [1.54, 1.807) is 43.3 Å². The van der Waals surface area contributed by atoms with Crippen molar-refractivity contribution < 1.29 is 18.0 Å². The molecule has 2 amide bonds. The van der Waals surface area contributed by atoms with Crippen molar-refractivity contribution in [3.05, 3.63) is 89.0 Å². The Labute approximate surface area is 180 Å². The molecule has 0 saturated heterocycles. The van der Waals surface area contributed by atoms with Gasteiger partial charge in [0.05, 0.1) is 10.6 Å². The molecule has 0 unspecified atom stereocenters. The summed E-state index contributed by atoms with van der Waals surface area (Å²) < 4.78 is 27.8. The highest BCUT2D eigenvalue weighted by molar-refractivity contribution is 7.92. The van der Waals surface area contributed by atoms with E-state index in [1.165, 1.54) is 16.4 Å². The van der Waals surface area contributed by atoms with Gasteiger partial charge in [-0.15, -0.1) is 0 Å². The summed E-state index contributed by atoms with van der Waals surface area (Å²) in [7, 11) is -3.80. The molecule has 31 heavy (non-hydrogen) atoms. The molecule has 0 spiro atoms. The summed E-state index contributed by atoms with van der Waals surface area (Å²) in [6, 6.07) is 18.1. The number of benzene rings is 3. The molecule has 158 valence electrons. The molecule has 7 nitrogen and oxygen atoms in total. The molecule has 1 aliphatic rings. The Morgan fingerprint density at radius 2 is 1.77 bits per heavy atom. The van der Waals surface area contributed by atoms with Gasteiger partial charge in [0.25, 0.3) is 15.9 Å². The van der Waals surface area contributed by atoms with E-state index in [9.17, 15) is 18.0 Å². The van der Waals surface area contributed by atoms with Crippen LogP contribution < -0.4 is 15.4 Å². The number of nitrogens with two attached hydrogens (primary N) is 1. The molecule has 8 heteroatoms. The van der Waals surface area contributed by atoms with Crippen LogP contribution in [0.15, 0.2) is 71.6 Å². The van der Waals surface area contributed by atoms with Gasteiger partial charge in [-0.2, -0.15) is 0 Å². The van der Waals surface area contributed by atoms with Crippen molar-refractivity contribution in [3.8, 4) is 0 Å². The van der Waals surface area contributed by atoms with Gasteiger partial charge in [0.1, 0.15) is 0 Å². The molecule has 0 fully saturated rings. The molecule has 0 aromatic heterocycles. The fourth-order valence-corrected chi connectivity index (χ4v) is 5.25. The molecule has 4 rings (SSSR count). The van der Waals surface area contributed by atoms with Crippen LogP contribution in [-0.4, -0.2) is 26.8 Å². The predicted molar refractivity (Wildman–Crippen MR) is 119 cm³/mol. The fraction of sp³-hybridized carbons (Fsp3) is 0.130. The van der Waals surface area contributed by atoms with E-state index in [0.717, 1.165) is 5.56 Å². The first-order valence-electron chi connectivity index (χ1n) is 9.70. The van der Waals surface area contributed by atoms with E-state index < -0.39 is 21.8 Å². The number of fused-ring (bicyclic) bond motifs is 1. The lowest BCUT2D eigenvalue weighted by molar-refractivity contribution is 0.0997. The molecule has 0 aliphatic carbocycles. The van der Waals surface area contributed by atoms with Crippen molar-refractivity contribution in [1.29, 1.82) is 0 Å². The Bertz CT molecular complexity index is 1300. The van der Waals surface area contributed by atoms with Crippen LogP contribution in [-0.2, 0) is 16.4 Å². The molecule has 3 aromatic rings. The van der Waals surface area contributed by atoms with Gasteiger partial charge in [-0.05, 0) is 66.9 Å². The quantitative estimate of drug-likeness (QED) is 0.642. The van der Waals surface area contributed by atoms with Crippen LogP contribution >= 0.6 is 0 Å². The van der Waals surface area contributed by atoms with Crippen molar-refractivity contribution in [2.24, 2.45) is 5.73 Å². The summed E-state index contributed by atoms with van der Waals surface area (Å²) in [6.45, 7) is 2.08. The van der Waals surface area contributed by atoms with Gasteiger partial charge < -0.3 is 11.1 Å². The number of amides is 2. The lowest BCUT2D eigenvalue weighted by Gasteiger charge is -2.20. The molecule has 0 bridgehead atoms. The van der Waals surface area contributed by atoms with Crippen LogP contribution in [0.25, 0.3) is 0 Å². The normalized spacial score (nSPS) is 13.0. The van der Waals surface area contributed by atoms with Crippen LogP contribution in [0.3, 0.4) is 0 Å². The number of para-hydroxylation sites is 1. The number of hydrogen-bond donors (Lipinski definition) is 2. The van der Waals surface area contributed by atoms with Gasteiger partial charge in [-0.3, -0.25) is 13.9 Å². The Kier molecular flexibility index (Phi) is 5.24. The summed E-state index contributed by atoms with van der Waals surface area (Å²) in [6.07, 6.45) is 0.649. The first kappa shape index (κ1) is 20.6. The minimum atomic E-state index is -3.80. The van der Waals surface area contributed by atoms with Crippen molar-refractivity contribution >= 4 is 33.2 Å². The highest BCUT2D eigenvalue weighted by Gasteiger charge is 2.30. The summed E-state index contributed by atoms with van der Waals surface area (Å²) in [4.78, 5) is 24.2. The SMILES string of the molecule is Cc1cc(NC(=O)c2cccc(S(=O)(=O)N3CCc4ccccc43)c2)ccc1C(N)=O. The number of nitrogens with zero attached hydrogens (tertiary/aromatic N) is 1. The monoisotopic (exact) mass is 435 g/mol. The number of anilines is 2. The van der Waals surface area contributed by atoms with E-state index in [2.05, 4.69) is 5.32 Å². The Morgan fingerprint density at radius 1 is 1.00 bits per heavy atom. The first-order chi connectivity index (χ1) is 14.8. The average Bonchev–Trinajstić information content (AvgIpc) is 3.18. The maximum Gasteiger partial charge on any atom is 0.264 e. The predicted octanol–water partition coefficient (Wildman–Crippen LogP) is 3.10. The third kappa shape index (κ3) is 3.89. The van der Waals surface area contributed by atoms with Crippen LogP contribution in [0.5, 0.6) is 0 Å². The Morgan fingerprint density at radius 3 is 2.52 bits per heavy atom. The fourth-order valence-electron chi connectivity index (χ4n) is 3.70. The summed E-state index contributed by atoms with van der Waals surface area (Å²) >= 11 is 0. The van der Waals surface area contributed by atoms with E-state index in [4.69, 9.17) is 5.73 Å². The van der Waals surface area contributed by atoms with E-state index in [0.29, 0.717) is 35.5 Å². The van der Waals surface area contributed by atoms with Crippen molar-refractivity contribution in [2.75, 3.05) is 16.2 Å². The lowest BCUT2D eigenvalue weighted by atomic mass is 10.1. The lowest BCUT2D eigenvalue weighted by Crippen LogP contribution is -2.29. The summed E-state index contributed by atoms with van der Waals surface area (Å²) in [5.41, 5.74) is 8.66. The van der Waals surface area contributed by atoms with Gasteiger partial charge in [-0.25, -0.2) is 8.42 Å². The number of rotatable bonds is 5. The van der Waals surface area contributed by atoms with Crippen LogP contribution in [0.2, 0.25) is 0 Å². The van der Waals surface area contributed by atoms with Crippen LogP contribution in [0, 0.1) is 6.92 Å². The van der Waals surface area contributed by atoms with Crippen molar-refractivity contribution in [3.63, 3.8) is 0 Å². The molecule has 0 atom stereocenters. The number of nitrogens with one attached hydrogen (secondary N) is 1. The molecule has 3 N–H and O–H groups in total. The number of hydrogen-bond acceptors (Lipinski definition) is 4. The maximum atomic E-state index is 13.2. The standard InChI is InChI=1S/C23H21N3O4S/c1-15-13-18(9-10-20(15)22(24)27)25-23(28)17-6-4-7-19(14-17)31(29,30)26-12-11-16-5-2-3-8-21(16)26/h2-10,13-14H,11-12H2,1H3,(H2,24,27)(H,25,28). The zero-order valence-corrected chi connectivity index (χ0v) is 17.6. The smallest absolute Gasteiger partial charge is 0.264 e. The second-order valence-electron chi connectivity index (χ2n) is 7.33. The number of primary amides is 1. The maximum absolute atomic E-state index is 13.2. The average molecular weight is 436 g/mol. The number of carbonyl (C=O) groups is 2. The third-order valence-electron chi connectivity index (χ3n) is 5.28. The van der Waals surface area contributed by atoms with E-state index in [1.807, 2.05) is 18.2 Å². The van der Waals surface area contributed by atoms with Crippen LogP contribution in [0.4, 0.5) is 11.4 Å². The molecular weight excluding hydrogens is 414 g/mol. The molecule has 1 heterocycles. The van der Waals surface area contributed by atoms with Gasteiger partial charge in [0.15, 0.2) is 0 Å². The van der Waals surface area contributed by atoms with Gasteiger partial charge in [-0.1, -0.05) is 24.3 Å². The minimum absolute atomic E-state index is 0.0529.